The first-order valence-corrected chi connectivity index (χ1v) is 9.64. The highest BCUT2D eigenvalue weighted by molar-refractivity contribution is 5.86. The second-order valence-corrected chi connectivity index (χ2v) is 8.39. The molecule has 26 heavy (non-hydrogen) atoms. The summed E-state index contributed by atoms with van der Waals surface area (Å²) in [6, 6.07) is 20.1. The van der Waals surface area contributed by atoms with E-state index in [0.717, 1.165) is 24.0 Å². The summed E-state index contributed by atoms with van der Waals surface area (Å²) in [5.74, 6) is -0.337. The zero-order valence-electron chi connectivity index (χ0n) is 15.3. The van der Waals surface area contributed by atoms with Crippen molar-refractivity contribution in [2.75, 3.05) is 0 Å². The van der Waals surface area contributed by atoms with Gasteiger partial charge in [-0.05, 0) is 56.1 Å². The summed E-state index contributed by atoms with van der Waals surface area (Å²) in [6.07, 6.45) is 5.20. The number of carboxylic acid groups (broad SMARTS) is 1. The van der Waals surface area contributed by atoms with Crippen molar-refractivity contribution in [2.45, 2.75) is 56.0 Å². The molecule has 4 rings (SSSR count). The van der Waals surface area contributed by atoms with Gasteiger partial charge in [0.1, 0.15) is 5.41 Å². The van der Waals surface area contributed by atoms with Gasteiger partial charge in [-0.3, -0.25) is 4.79 Å². The molecule has 2 N–H and O–H groups in total. The minimum atomic E-state index is -0.986. The van der Waals surface area contributed by atoms with Gasteiger partial charge in [0.25, 0.3) is 0 Å². The highest BCUT2D eigenvalue weighted by atomic mass is 16.4. The van der Waals surface area contributed by atoms with Crippen molar-refractivity contribution in [3.63, 3.8) is 0 Å². The van der Waals surface area contributed by atoms with E-state index >= 15 is 0 Å². The molecule has 2 aromatic rings. The van der Waals surface area contributed by atoms with Crippen molar-refractivity contribution >= 4 is 5.97 Å². The summed E-state index contributed by atoms with van der Waals surface area (Å²) >= 11 is 0. The maximum absolute atomic E-state index is 12.7. The molecule has 0 saturated carbocycles. The van der Waals surface area contributed by atoms with E-state index in [1.807, 2.05) is 60.7 Å². The van der Waals surface area contributed by atoms with Crippen LogP contribution in [0.3, 0.4) is 0 Å². The van der Waals surface area contributed by atoms with Gasteiger partial charge >= 0.3 is 5.97 Å². The van der Waals surface area contributed by atoms with Gasteiger partial charge in [-0.1, -0.05) is 60.7 Å². The van der Waals surface area contributed by atoms with Crippen LogP contribution < -0.4 is 5.32 Å². The quantitative estimate of drug-likeness (QED) is 0.843. The first kappa shape index (κ1) is 17.3. The fraction of sp³-hybridized carbons (Fsp3) is 0.435. The number of hydrogen-bond donors (Lipinski definition) is 2. The summed E-state index contributed by atoms with van der Waals surface area (Å²) in [6.45, 7) is 2.30. The van der Waals surface area contributed by atoms with Gasteiger partial charge in [0.15, 0.2) is 0 Å². The Labute approximate surface area is 155 Å². The number of carboxylic acids is 1. The van der Waals surface area contributed by atoms with Crippen LogP contribution in [0.4, 0.5) is 0 Å². The second kappa shape index (κ2) is 6.55. The maximum atomic E-state index is 12.7. The Hall–Kier alpha value is -2.13. The van der Waals surface area contributed by atoms with Crippen LogP contribution in [0.2, 0.25) is 0 Å². The first-order chi connectivity index (χ1) is 12.5. The van der Waals surface area contributed by atoms with E-state index in [4.69, 9.17) is 0 Å². The SMILES string of the molecule is C[C@@]12CC[C@@H](C[C@@H](CC(C(=O)O)(c3ccccc3)c3ccccc3)C1)N2. The van der Waals surface area contributed by atoms with E-state index in [1.54, 1.807) is 0 Å². The van der Waals surface area contributed by atoms with Crippen LogP contribution in [0.25, 0.3) is 0 Å². The Balaban J connectivity index is 1.77. The lowest BCUT2D eigenvalue weighted by Gasteiger charge is -2.41. The Morgan fingerprint density at radius 2 is 1.69 bits per heavy atom. The second-order valence-electron chi connectivity index (χ2n) is 8.39. The molecule has 3 nitrogen and oxygen atoms in total. The highest BCUT2D eigenvalue weighted by Crippen LogP contribution is 2.46. The van der Waals surface area contributed by atoms with Gasteiger partial charge in [-0.25, -0.2) is 0 Å². The smallest absolute Gasteiger partial charge is 0.318 e. The van der Waals surface area contributed by atoms with Crippen molar-refractivity contribution < 1.29 is 9.90 Å². The van der Waals surface area contributed by atoms with Crippen molar-refractivity contribution in [3.8, 4) is 0 Å². The van der Waals surface area contributed by atoms with E-state index in [2.05, 4.69) is 12.2 Å². The fourth-order valence-corrected chi connectivity index (χ4v) is 5.36. The zero-order chi connectivity index (χ0) is 18.2. The standard InChI is InChI=1S/C23H27NO2/c1-22-13-12-20(24-22)14-17(15-22)16-23(21(25)26,18-8-4-2-5-9-18)19-10-6-3-7-11-19/h2-11,17,20,24H,12-16H2,1H3,(H,25,26)/t17-,20+,22-/m1/s1. The molecular formula is C23H27NO2. The lowest BCUT2D eigenvalue weighted by molar-refractivity contribution is -0.143. The molecule has 0 amide bonds. The number of hydrogen-bond acceptors (Lipinski definition) is 2. The molecule has 2 aliphatic heterocycles. The lowest BCUT2D eigenvalue weighted by Crippen LogP contribution is -2.49. The molecule has 2 fully saturated rings. The van der Waals surface area contributed by atoms with Gasteiger partial charge in [0.05, 0.1) is 0 Å². The maximum Gasteiger partial charge on any atom is 0.318 e. The van der Waals surface area contributed by atoms with Crippen LogP contribution in [-0.2, 0) is 10.2 Å². The normalized spacial score (nSPS) is 28.0. The molecule has 136 valence electrons. The molecule has 2 bridgehead atoms. The van der Waals surface area contributed by atoms with Gasteiger partial charge < -0.3 is 10.4 Å². The molecular weight excluding hydrogens is 322 g/mol. The highest BCUT2D eigenvalue weighted by Gasteiger charge is 2.48. The van der Waals surface area contributed by atoms with E-state index in [-0.39, 0.29) is 5.54 Å². The third-order valence-electron chi connectivity index (χ3n) is 6.45. The van der Waals surface area contributed by atoms with Crippen LogP contribution in [0.5, 0.6) is 0 Å². The molecule has 0 spiro atoms. The van der Waals surface area contributed by atoms with Crippen LogP contribution in [0, 0.1) is 5.92 Å². The van der Waals surface area contributed by atoms with Crippen molar-refractivity contribution in [1.82, 2.24) is 5.32 Å². The molecule has 2 aromatic carbocycles. The third kappa shape index (κ3) is 2.95. The number of piperidine rings is 1. The Morgan fingerprint density at radius 1 is 1.12 bits per heavy atom. The Kier molecular flexibility index (Phi) is 4.36. The summed E-state index contributed by atoms with van der Waals surface area (Å²) in [7, 11) is 0. The molecule has 2 saturated heterocycles. The number of rotatable bonds is 5. The minimum Gasteiger partial charge on any atom is -0.480 e. The Bertz CT molecular complexity index is 734. The minimum absolute atomic E-state index is 0.172. The average molecular weight is 349 g/mol. The molecule has 0 radical (unpaired) electrons. The van der Waals surface area contributed by atoms with Gasteiger partial charge in [-0.2, -0.15) is 0 Å². The average Bonchev–Trinajstić information content (AvgIpc) is 2.93. The van der Waals surface area contributed by atoms with Crippen LogP contribution in [-0.4, -0.2) is 22.7 Å². The largest absolute Gasteiger partial charge is 0.480 e. The number of aliphatic carboxylic acids is 1. The third-order valence-corrected chi connectivity index (χ3v) is 6.45. The van der Waals surface area contributed by atoms with Gasteiger partial charge in [0, 0.05) is 11.6 Å². The fourth-order valence-electron chi connectivity index (χ4n) is 5.36. The predicted octanol–water partition coefficient (Wildman–Crippen LogP) is 4.37. The molecule has 0 aromatic heterocycles. The van der Waals surface area contributed by atoms with E-state index < -0.39 is 11.4 Å². The number of nitrogens with one attached hydrogen (secondary N) is 1. The number of fused-ring (bicyclic) bond motifs is 2. The molecule has 3 heteroatoms. The molecule has 2 aliphatic rings. The Morgan fingerprint density at radius 3 is 2.19 bits per heavy atom. The number of benzene rings is 2. The van der Waals surface area contributed by atoms with Crippen LogP contribution in [0.1, 0.15) is 50.2 Å². The van der Waals surface area contributed by atoms with Crippen molar-refractivity contribution in [3.05, 3.63) is 71.8 Å². The van der Waals surface area contributed by atoms with Crippen LogP contribution in [0.15, 0.2) is 60.7 Å². The summed E-state index contributed by atoms with van der Waals surface area (Å²) < 4.78 is 0. The van der Waals surface area contributed by atoms with E-state index in [1.165, 1.54) is 12.8 Å². The predicted molar refractivity (Wildman–Crippen MR) is 103 cm³/mol. The molecule has 3 atom stereocenters. The first-order valence-electron chi connectivity index (χ1n) is 9.64. The van der Waals surface area contributed by atoms with Crippen molar-refractivity contribution in [1.29, 1.82) is 0 Å². The van der Waals surface area contributed by atoms with Crippen LogP contribution >= 0.6 is 0 Å². The lowest BCUT2D eigenvalue weighted by atomic mass is 9.66. The van der Waals surface area contributed by atoms with Crippen molar-refractivity contribution in [2.24, 2.45) is 5.92 Å². The summed E-state index contributed by atoms with van der Waals surface area (Å²) in [5.41, 5.74) is 0.954. The monoisotopic (exact) mass is 349 g/mol. The van der Waals surface area contributed by atoms with E-state index in [9.17, 15) is 9.90 Å². The van der Waals surface area contributed by atoms with E-state index in [0.29, 0.717) is 18.4 Å². The zero-order valence-corrected chi connectivity index (χ0v) is 15.3. The molecule has 0 aliphatic carbocycles. The van der Waals surface area contributed by atoms with Gasteiger partial charge in [0.2, 0.25) is 0 Å². The topological polar surface area (TPSA) is 49.3 Å². The molecule has 0 unspecified atom stereocenters. The van der Waals surface area contributed by atoms with Gasteiger partial charge in [-0.15, -0.1) is 0 Å². The summed E-state index contributed by atoms with van der Waals surface area (Å²) in [4.78, 5) is 12.7. The summed E-state index contributed by atoms with van der Waals surface area (Å²) in [5, 5.41) is 14.2. The molecule has 2 heterocycles. The number of carbonyl (C=O) groups is 1.